The molecule has 17 heteroatoms. The third-order valence-electron chi connectivity index (χ3n) is 4.36. The molecule has 15 nitrogen and oxygen atoms in total. The SMILES string of the molecule is CC(C)OP(=O)(CO[C@H](CO)COc1cc(OC[C@H](CO)OCP(=O)(OC(C)C)OC(C)C)nc(N)n1)OC(C)C. The molecule has 0 fully saturated rings. The Morgan fingerprint density at radius 3 is 1.27 bits per heavy atom. The van der Waals surface area contributed by atoms with E-state index in [4.69, 9.17) is 42.8 Å². The summed E-state index contributed by atoms with van der Waals surface area (Å²) in [7, 11) is -7.17. The van der Waals surface area contributed by atoms with Gasteiger partial charge in [0.05, 0.1) is 43.7 Å². The average Bonchev–Trinajstić information content (AvgIpc) is 2.81. The Hall–Kier alpha value is -1.38. The summed E-state index contributed by atoms with van der Waals surface area (Å²) in [6.45, 7) is 12.5. The number of ether oxygens (including phenoxy) is 4. The Bertz CT molecular complexity index is 883. The van der Waals surface area contributed by atoms with Crippen LogP contribution < -0.4 is 15.2 Å². The zero-order chi connectivity index (χ0) is 31.2. The molecule has 240 valence electrons. The third-order valence-corrected chi connectivity index (χ3v) is 8.26. The van der Waals surface area contributed by atoms with Crippen molar-refractivity contribution in [2.75, 3.05) is 44.9 Å². The van der Waals surface area contributed by atoms with Gasteiger partial charge in [0, 0.05) is 0 Å². The van der Waals surface area contributed by atoms with Crippen molar-refractivity contribution in [3.63, 3.8) is 0 Å². The van der Waals surface area contributed by atoms with Crippen molar-refractivity contribution in [2.45, 2.75) is 92.0 Å². The van der Waals surface area contributed by atoms with E-state index in [0.717, 1.165) is 0 Å². The van der Waals surface area contributed by atoms with E-state index in [2.05, 4.69) is 9.97 Å². The maximum atomic E-state index is 13.0. The second kappa shape index (κ2) is 18.3. The number of aliphatic hydroxyl groups excluding tert-OH is 2. The molecule has 0 aromatic carbocycles. The fourth-order valence-corrected chi connectivity index (χ4v) is 6.78. The molecule has 1 heterocycles. The third kappa shape index (κ3) is 16.2. The van der Waals surface area contributed by atoms with Gasteiger partial charge in [-0.2, -0.15) is 9.97 Å². The standard InChI is InChI=1S/C24H47N3O12P2/c1-16(2)36-40(30,37-17(3)4)14-34-20(10-28)12-32-22-9-23(27-24(25)26-22)33-13-21(11-29)35-15-41(31,38-18(5)6)39-19(7)8/h9,16-21,28-29H,10-15H2,1-8H3,(H2,25,26,27)/t20-,21+. The summed E-state index contributed by atoms with van der Waals surface area (Å²) < 4.78 is 70.0. The molecule has 1 aromatic heterocycles. The smallest absolute Gasteiger partial charge is 0.356 e. The van der Waals surface area contributed by atoms with E-state index in [0.29, 0.717) is 0 Å². The number of rotatable bonds is 22. The topological polar surface area (TPSA) is 200 Å². The van der Waals surface area contributed by atoms with Crippen molar-refractivity contribution >= 4 is 21.1 Å². The van der Waals surface area contributed by atoms with Gasteiger partial charge >= 0.3 is 15.2 Å². The average molecular weight is 632 g/mol. The molecule has 1 aromatic rings. The Kier molecular flexibility index (Phi) is 16.8. The van der Waals surface area contributed by atoms with Gasteiger partial charge in [-0.05, 0) is 55.4 Å². The summed E-state index contributed by atoms with van der Waals surface area (Å²) in [6, 6.07) is 1.34. The van der Waals surface area contributed by atoms with Crippen molar-refractivity contribution in [2.24, 2.45) is 0 Å². The fourth-order valence-electron chi connectivity index (χ4n) is 3.08. The maximum absolute atomic E-state index is 13.0. The zero-order valence-electron chi connectivity index (χ0n) is 25.1. The van der Waals surface area contributed by atoms with Gasteiger partial charge < -0.3 is 53.0 Å². The summed E-state index contributed by atoms with van der Waals surface area (Å²) in [4.78, 5) is 7.94. The van der Waals surface area contributed by atoms with Crippen LogP contribution in [0.25, 0.3) is 0 Å². The van der Waals surface area contributed by atoms with Gasteiger partial charge in [-0.3, -0.25) is 9.13 Å². The predicted molar refractivity (Wildman–Crippen MR) is 151 cm³/mol. The van der Waals surface area contributed by atoms with Crippen LogP contribution in [-0.4, -0.2) is 95.9 Å². The molecule has 0 saturated heterocycles. The lowest BCUT2D eigenvalue weighted by atomic mass is 10.4. The van der Waals surface area contributed by atoms with Crippen LogP contribution in [-0.2, 0) is 36.7 Å². The first kappa shape index (κ1) is 37.6. The van der Waals surface area contributed by atoms with Gasteiger partial charge in [0.25, 0.3) is 0 Å². The molecular weight excluding hydrogens is 584 g/mol. The van der Waals surface area contributed by atoms with E-state index >= 15 is 0 Å². The van der Waals surface area contributed by atoms with Crippen LogP contribution in [0.3, 0.4) is 0 Å². The predicted octanol–water partition coefficient (Wildman–Crippen LogP) is 3.57. The van der Waals surface area contributed by atoms with E-state index < -0.39 is 53.3 Å². The molecule has 4 N–H and O–H groups in total. The monoisotopic (exact) mass is 631 g/mol. The van der Waals surface area contributed by atoms with Gasteiger partial charge in [0.2, 0.25) is 17.7 Å². The van der Waals surface area contributed by atoms with Crippen molar-refractivity contribution < 1.29 is 56.4 Å². The molecule has 0 bridgehead atoms. The molecule has 0 aliphatic rings. The molecule has 0 amide bonds. The number of nitrogens with two attached hydrogens (primary N) is 1. The van der Waals surface area contributed by atoms with Crippen molar-refractivity contribution in [3.8, 4) is 11.8 Å². The Morgan fingerprint density at radius 1 is 0.683 bits per heavy atom. The Balaban J connectivity index is 2.76. The van der Waals surface area contributed by atoms with Crippen LogP contribution >= 0.6 is 15.2 Å². The van der Waals surface area contributed by atoms with Crippen molar-refractivity contribution in [3.05, 3.63) is 6.07 Å². The minimum atomic E-state index is -3.58. The van der Waals surface area contributed by atoms with E-state index in [9.17, 15) is 19.3 Å². The molecule has 0 spiro atoms. The normalized spacial score (nSPS) is 14.3. The summed E-state index contributed by atoms with van der Waals surface area (Å²) in [5.41, 5.74) is 5.77. The molecule has 0 unspecified atom stereocenters. The number of hydrogen-bond acceptors (Lipinski definition) is 15. The molecule has 0 aliphatic heterocycles. The highest BCUT2D eigenvalue weighted by atomic mass is 31.2. The lowest BCUT2D eigenvalue weighted by Gasteiger charge is -2.25. The quantitative estimate of drug-likeness (QED) is 0.157. The molecule has 2 atom stereocenters. The van der Waals surface area contributed by atoms with Gasteiger partial charge in [-0.25, -0.2) is 0 Å². The zero-order valence-corrected chi connectivity index (χ0v) is 26.9. The van der Waals surface area contributed by atoms with Gasteiger partial charge in [-0.1, -0.05) is 0 Å². The summed E-state index contributed by atoms with van der Waals surface area (Å²) >= 11 is 0. The first-order chi connectivity index (χ1) is 19.1. The largest absolute Gasteiger partial charge is 0.475 e. The molecule has 0 aliphatic carbocycles. The van der Waals surface area contributed by atoms with E-state index in [1.54, 1.807) is 55.4 Å². The summed E-state index contributed by atoms with van der Waals surface area (Å²) in [6.07, 6.45) is -4.02. The van der Waals surface area contributed by atoms with Crippen molar-refractivity contribution in [1.29, 1.82) is 0 Å². The number of aliphatic hydroxyl groups is 2. The lowest BCUT2D eigenvalue weighted by molar-refractivity contribution is -0.00753. The second-order valence-corrected chi connectivity index (χ2v) is 13.9. The first-order valence-electron chi connectivity index (χ1n) is 13.3. The van der Waals surface area contributed by atoms with Gasteiger partial charge in [-0.15, -0.1) is 0 Å². The maximum Gasteiger partial charge on any atom is 0.356 e. The number of nitrogen functional groups attached to an aromatic ring is 1. The minimum absolute atomic E-state index is 0.0104. The summed E-state index contributed by atoms with van der Waals surface area (Å²) in [5, 5.41) is 19.4. The van der Waals surface area contributed by atoms with Crippen LogP contribution in [0.2, 0.25) is 0 Å². The van der Waals surface area contributed by atoms with E-state index in [1.807, 2.05) is 0 Å². The molecular formula is C24H47N3O12P2. The van der Waals surface area contributed by atoms with Crippen molar-refractivity contribution in [1.82, 2.24) is 9.97 Å². The fraction of sp³-hybridized carbons (Fsp3) is 0.833. The Morgan fingerprint density at radius 2 is 1.00 bits per heavy atom. The summed E-state index contributed by atoms with van der Waals surface area (Å²) in [5.74, 6) is -0.145. The van der Waals surface area contributed by atoms with Crippen LogP contribution in [0.5, 0.6) is 11.8 Å². The number of anilines is 1. The van der Waals surface area contributed by atoms with E-state index in [-0.39, 0.29) is 55.3 Å². The van der Waals surface area contributed by atoms with Crippen LogP contribution in [0.4, 0.5) is 5.95 Å². The highest BCUT2D eigenvalue weighted by Gasteiger charge is 2.31. The second-order valence-electron chi connectivity index (χ2n) is 10.1. The molecule has 41 heavy (non-hydrogen) atoms. The van der Waals surface area contributed by atoms with Gasteiger partial charge in [0.1, 0.15) is 38.1 Å². The minimum Gasteiger partial charge on any atom is -0.475 e. The number of hydrogen-bond donors (Lipinski definition) is 3. The molecule has 1 rings (SSSR count). The van der Waals surface area contributed by atoms with Crippen LogP contribution in [0.15, 0.2) is 6.07 Å². The van der Waals surface area contributed by atoms with Gasteiger partial charge in [0.15, 0.2) is 0 Å². The lowest BCUT2D eigenvalue weighted by Crippen LogP contribution is -2.28. The molecule has 0 saturated carbocycles. The first-order valence-corrected chi connectivity index (χ1v) is 16.8. The van der Waals surface area contributed by atoms with E-state index in [1.165, 1.54) is 6.07 Å². The number of aromatic nitrogens is 2. The highest BCUT2D eigenvalue weighted by Crippen LogP contribution is 2.51. The van der Waals surface area contributed by atoms with Crippen LogP contribution in [0.1, 0.15) is 55.4 Å². The Labute approximate surface area is 242 Å². The number of nitrogens with zero attached hydrogens (tertiary/aromatic N) is 2. The van der Waals surface area contributed by atoms with Crippen LogP contribution in [0, 0.1) is 0 Å². The highest BCUT2D eigenvalue weighted by molar-refractivity contribution is 7.53. The molecule has 0 radical (unpaired) electrons.